The predicted molar refractivity (Wildman–Crippen MR) is 102 cm³/mol. The fourth-order valence-corrected chi connectivity index (χ4v) is 4.56. The van der Waals surface area contributed by atoms with E-state index in [1.807, 2.05) is 6.92 Å². The monoisotopic (exact) mass is 388 g/mol. The van der Waals surface area contributed by atoms with E-state index in [-0.39, 0.29) is 24.1 Å². The Morgan fingerprint density at radius 2 is 1.78 bits per heavy atom. The molecule has 2 N–H and O–H groups in total. The molecular formula is C19H20N2O5S. The average Bonchev–Trinajstić information content (AvgIpc) is 2.94. The van der Waals surface area contributed by atoms with Gasteiger partial charge in [-0.15, -0.1) is 0 Å². The number of amides is 1. The Hall–Kier alpha value is -2.87. The van der Waals surface area contributed by atoms with Gasteiger partial charge in [0.25, 0.3) is 5.91 Å². The molecule has 0 spiro atoms. The van der Waals surface area contributed by atoms with Gasteiger partial charge >= 0.3 is 5.97 Å². The van der Waals surface area contributed by atoms with Crippen molar-refractivity contribution in [1.82, 2.24) is 5.32 Å². The highest BCUT2D eigenvalue weighted by Crippen LogP contribution is 2.34. The zero-order valence-corrected chi connectivity index (χ0v) is 15.8. The molecule has 0 radical (unpaired) electrons. The Bertz CT molecular complexity index is 999. The second-order valence-electron chi connectivity index (χ2n) is 6.64. The van der Waals surface area contributed by atoms with Gasteiger partial charge in [0.15, 0.2) is 0 Å². The quantitative estimate of drug-likeness (QED) is 0.816. The van der Waals surface area contributed by atoms with E-state index in [1.165, 1.54) is 22.7 Å². The summed E-state index contributed by atoms with van der Waals surface area (Å²) < 4.78 is 25.3. The molecule has 8 heteroatoms. The topological polar surface area (TPSA) is 104 Å². The summed E-state index contributed by atoms with van der Waals surface area (Å²) in [4.78, 5) is 23.3. The zero-order chi connectivity index (χ0) is 19.8. The number of hydrogen-bond donors (Lipinski definition) is 2. The summed E-state index contributed by atoms with van der Waals surface area (Å²) >= 11 is 0. The molecule has 0 saturated heterocycles. The fraction of sp³-hybridized carbons (Fsp3) is 0.263. The molecule has 2 aromatic carbocycles. The number of carboxylic acids is 1. The highest BCUT2D eigenvalue weighted by atomic mass is 32.2. The first-order chi connectivity index (χ1) is 12.7. The van der Waals surface area contributed by atoms with Crippen molar-refractivity contribution >= 4 is 27.6 Å². The van der Waals surface area contributed by atoms with Crippen LogP contribution >= 0.6 is 0 Å². The molecule has 0 bridgehead atoms. The first-order valence-corrected chi connectivity index (χ1v) is 10.2. The Morgan fingerprint density at radius 1 is 1.15 bits per heavy atom. The van der Waals surface area contributed by atoms with Gasteiger partial charge in [0.1, 0.15) is 0 Å². The molecule has 1 amide bonds. The first-order valence-electron chi connectivity index (χ1n) is 8.39. The lowest BCUT2D eigenvalue weighted by molar-refractivity contribution is 0.0696. The van der Waals surface area contributed by atoms with E-state index in [1.54, 1.807) is 30.3 Å². The van der Waals surface area contributed by atoms with E-state index >= 15 is 0 Å². The maximum absolute atomic E-state index is 12.4. The molecule has 3 rings (SSSR count). The van der Waals surface area contributed by atoms with Crippen molar-refractivity contribution in [3.05, 3.63) is 64.7 Å². The minimum atomic E-state index is -3.36. The Labute approximate surface area is 157 Å². The smallest absolute Gasteiger partial charge is 0.335 e. The molecule has 0 aromatic heterocycles. The van der Waals surface area contributed by atoms with Crippen LogP contribution in [0.5, 0.6) is 0 Å². The van der Waals surface area contributed by atoms with Crippen molar-refractivity contribution in [3.63, 3.8) is 0 Å². The van der Waals surface area contributed by atoms with E-state index < -0.39 is 16.0 Å². The minimum absolute atomic E-state index is 0.180. The van der Waals surface area contributed by atoms with Crippen molar-refractivity contribution in [3.8, 4) is 0 Å². The van der Waals surface area contributed by atoms with Crippen molar-refractivity contribution in [2.24, 2.45) is 0 Å². The van der Waals surface area contributed by atoms with Crippen LogP contribution in [-0.4, -0.2) is 37.7 Å². The molecule has 0 fully saturated rings. The summed E-state index contributed by atoms with van der Waals surface area (Å²) in [5.41, 5.74) is 2.87. The summed E-state index contributed by atoms with van der Waals surface area (Å²) in [6.07, 6.45) is 1.73. The molecule has 27 heavy (non-hydrogen) atoms. The molecule has 1 aliphatic heterocycles. The van der Waals surface area contributed by atoms with Gasteiger partial charge in [-0.3, -0.25) is 9.10 Å². The van der Waals surface area contributed by atoms with Gasteiger partial charge in [0.05, 0.1) is 17.5 Å². The number of benzene rings is 2. The van der Waals surface area contributed by atoms with Crippen LogP contribution in [-0.2, 0) is 23.0 Å². The second kappa shape index (κ2) is 7.03. The molecule has 0 saturated carbocycles. The lowest BCUT2D eigenvalue weighted by Gasteiger charge is -2.21. The molecule has 0 aliphatic carbocycles. The average molecular weight is 388 g/mol. The standard InChI is InChI=1S/C19H20N2O5S/c1-12-9-16-10-15(7-8-17(16)21(12)27(2,25)26)18(22)20-11-13-3-5-14(6-4-13)19(23)24/h3-8,10,12H,9,11H2,1-2H3,(H,20,22)(H,23,24)/t12-/m1/s1. The summed E-state index contributed by atoms with van der Waals surface area (Å²) in [5, 5.41) is 11.7. The summed E-state index contributed by atoms with van der Waals surface area (Å²) in [6.45, 7) is 2.10. The van der Waals surface area contributed by atoms with Crippen LogP contribution < -0.4 is 9.62 Å². The number of fused-ring (bicyclic) bond motifs is 1. The van der Waals surface area contributed by atoms with Crippen LogP contribution in [0.4, 0.5) is 5.69 Å². The molecular weight excluding hydrogens is 368 g/mol. The minimum Gasteiger partial charge on any atom is -0.478 e. The summed E-state index contributed by atoms with van der Waals surface area (Å²) in [6, 6.07) is 11.1. The number of carbonyl (C=O) groups is 2. The predicted octanol–water partition coefficient (Wildman–Crippen LogP) is 2.03. The molecule has 7 nitrogen and oxygen atoms in total. The van der Waals surface area contributed by atoms with Gasteiger partial charge in [-0.1, -0.05) is 12.1 Å². The highest BCUT2D eigenvalue weighted by molar-refractivity contribution is 7.92. The van der Waals surface area contributed by atoms with Crippen LogP contribution in [0.25, 0.3) is 0 Å². The van der Waals surface area contributed by atoms with E-state index in [4.69, 9.17) is 5.11 Å². The molecule has 1 atom stereocenters. The normalized spacial score (nSPS) is 16.1. The van der Waals surface area contributed by atoms with Gasteiger partial charge in [-0.25, -0.2) is 13.2 Å². The highest BCUT2D eigenvalue weighted by Gasteiger charge is 2.32. The van der Waals surface area contributed by atoms with E-state index in [0.29, 0.717) is 17.7 Å². The molecule has 1 aliphatic rings. The van der Waals surface area contributed by atoms with Crippen LogP contribution in [0.15, 0.2) is 42.5 Å². The van der Waals surface area contributed by atoms with Gasteiger partial charge < -0.3 is 10.4 Å². The largest absolute Gasteiger partial charge is 0.478 e. The third-order valence-electron chi connectivity index (χ3n) is 4.51. The van der Waals surface area contributed by atoms with Crippen LogP contribution in [0.2, 0.25) is 0 Å². The Balaban J connectivity index is 1.71. The maximum atomic E-state index is 12.4. The number of anilines is 1. The maximum Gasteiger partial charge on any atom is 0.335 e. The van der Waals surface area contributed by atoms with Gasteiger partial charge in [-0.2, -0.15) is 0 Å². The number of aromatic carboxylic acids is 1. The lowest BCUT2D eigenvalue weighted by Crippen LogP contribution is -2.34. The van der Waals surface area contributed by atoms with E-state index in [2.05, 4.69) is 5.32 Å². The van der Waals surface area contributed by atoms with Crippen LogP contribution in [0.1, 0.15) is 38.8 Å². The van der Waals surface area contributed by atoms with Gasteiger partial charge in [-0.05, 0) is 54.8 Å². The van der Waals surface area contributed by atoms with Crippen molar-refractivity contribution in [1.29, 1.82) is 0 Å². The lowest BCUT2D eigenvalue weighted by atomic mass is 10.1. The summed E-state index contributed by atoms with van der Waals surface area (Å²) in [5.74, 6) is -1.27. The SMILES string of the molecule is C[C@@H]1Cc2cc(C(=O)NCc3ccc(C(=O)O)cc3)ccc2N1S(C)(=O)=O. The first kappa shape index (κ1) is 18.9. The van der Waals surface area contributed by atoms with E-state index in [0.717, 1.165) is 11.1 Å². The van der Waals surface area contributed by atoms with Crippen LogP contribution in [0.3, 0.4) is 0 Å². The molecule has 0 unspecified atom stereocenters. The Morgan fingerprint density at radius 3 is 2.37 bits per heavy atom. The summed E-state index contributed by atoms with van der Waals surface area (Å²) in [7, 11) is -3.36. The third-order valence-corrected chi connectivity index (χ3v) is 5.78. The molecule has 2 aromatic rings. The number of nitrogens with one attached hydrogen (secondary N) is 1. The fourth-order valence-electron chi connectivity index (χ4n) is 3.30. The van der Waals surface area contributed by atoms with E-state index in [9.17, 15) is 18.0 Å². The zero-order valence-electron chi connectivity index (χ0n) is 15.0. The van der Waals surface area contributed by atoms with Crippen LogP contribution in [0, 0.1) is 0 Å². The third kappa shape index (κ3) is 3.95. The molecule has 1 heterocycles. The Kier molecular flexibility index (Phi) is 4.93. The number of carbonyl (C=O) groups excluding carboxylic acids is 1. The van der Waals surface area contributed by atoms with Gasteiger partial charge in [0.2, 0.25) is 10.0 Å². The van der Waals surface area contributed by atoms with Crippen molar-refractivity contribution < 1.29 is 23.1 Å². The van der Waals surface area contributed by atoms with Gasteiger partial charge in [0, 0.05) is 18.2 Å². The number of nitrogens with zero attached hydrogens (tertiary/aromatic N) is 1. The number of carboxylic acid groups (broad SMARTS) is 1. The number of sulfonamides is 1. The number of hydrogen-bond acceptors (Lipinski definition) is 4. The van der Waals surface area contributed by atoms with Crippen molar-refractivity contribution in [2.75, 3.05) is 10.6 Å². The second-order valence-corrected chi connectivity index (χ2v) is 8.50. The van der Waals surface area contributed by atoms with Crippen molar-refractivity contribution in [2.45, 2.75) is 25.9 Å². The molecule has 142 valence electrons. The number of rotatable bonds is 5.